The van der Waals surface area contributed by atoms with Crippen LogP contribution in [0.25, 0.3) is 0 Å². The largest absolute Gasteiger partial charge is 0.350 e. The average molecular weight is 449 g/mol. The first-order valence-corrected chi connectivity index (χ1v) is 11.2. The minimum atomic E-state index is -0.619. The van der Waals surface area contributed by atoms with E-state index >= 15 is 0 Å². The Bertz CT molecular complexity index is 1020. The summed E-state index contributed by atoms with van der Waals surface area (Å²) in [5.74, 6) is -0.225. The highest BCUT2D eigenvalue weighted by atomic mass is 35.5. The Labute approximate surface area is 195 Å². The summed E-state index contributed by atoms with van der Waals surface area (Å²) in [5, 5.41) is 3.68. The normalized spacial score (nSPS) is 11.6. The van der Waals surface area contributed by atoms with Crippen LogP contribution in [0.1, 0.15) is 35.6 Å². The third kappa shape index (κ3) is 6.69. The van der Waals surface area contributed by atoms with Crippen LogP contribution in [0.5, 0.6) is 0 Å². The first-order chi connectivity index (χ1) is 15.5. The van der Waals surface area contributed by atoms with Crippen molar-refractivity contribution in [3.63, 3.8) is 0 Å². The zero-order valence-electron chi connectivity index (χ0n) is 18.6. The number of carbonyl (C=O) groups excluding carboxylic acids is 2. The molecule has 0 aromatic heterocycles. The van der Waals surface area contributed by atoms with E-state index in [2.05, 4.69) is 5.32 Å². The van der Waals surface area contributed by atoms with Crippen molar-refractivity contribution in [2.45, 2.75) is 45.8 Å². The van der Waals surface area contributed by atoms with Gasteiger partial charge in [0.25, 0.3) is 0 Å². The molecule has 1 N–H and O–H groups in total. The number of benzene rings is 3. The van der Waals surface area contributed by atoms with E-state index in [1.165, 1.54) is 5.56 Å². The molecule has 32 heavy (non-hydrogen) atoms. The Balaban J connectivity index is 1.84. The van der Waals surface area contributed by atoms with E-state index in [4.69, 9.17) is 11.6 Å². The molecule has 2 amide bonds. The molecule has 0 aliphatic carbocycles. The minimum Gasteiger partial charge on any atom is -0.350 e. The van der Waals surface area contributed by atoms with Gasteiger partial charge in [0.05, 0.1) is 0 Å². The van der Waals surface area contributed by atoms with Crippen molar-refractivity contribution in [3.05, 3.63) is 106 Å². The van der Waals surface area contributed by atoms with Crippen LogP contribution in [-0.2, 0) is 29.1 Å². The maximum absolute atomic E-state index is 13.4. The zero-order valence-corrected chi connectivity index (χ0v) is 19.3. The second kappa shape index (κ2) is 11.5. The van der Waals surface area contributed by atoms with Gasteiger partial charge in [0.1, 0.15) is 6.04 Å². The molecule has 0 aliphatic rings. The molecule has 0 unspecified atom stereocenters. The van der Waals surface area contributed by atoms with E-state index in [0.717, 1.165) is 16.7 Å². The molecular formula is C27H29ClN2O2. The summed E-state index contributed by atoms with van der Waals surface area (Å²) in [5.41, 5.74) is 4.13. The molecule has 3 aromatic rings. The number of nitrogens with one attached hydrogen (secondary N) is 1. The van der Waals surface area contributed by atoms with E-state index in [1.54, 1.807) is 17.0 Å². The van der Waals surface area contributed by atoms with E-state index in [9.17, 15) is 9.59 Å². The molecule has 4 nitrogen and oxygen atoms in total. The second-order valence-electron chi connectivity index (χ2n) is 7.91. The molecule has 0 radical (unpaired) electrons. The third-order valence-electron chi connectivity index (χ3n) is 5.43. The predicted octanol–water partition coefficient (Wildman–Crippen LogP) is 5.31. The Morgan fingerprint density at radius 2 is 1.50 bits per heavy atom. The zero-order chi connectivity index (χ0) is 22.9. The summed E-state index contributed by atoms with van der Waals surface area (Å²) in [6, 6.07) is 24.6. The molecule has 0 heterocycles. The lowest BCUT2D eigenvalue weighted by Gasteiger charge is -2.31. The predicted molar refractivity (Wildman–Crippen MR) is 129 cm³/mol. The highest BCUT2D eigenvalue weighted by Crippen LogP contribution is 2.17. The van der Waals surface area contributed by atoms with Crippen LogP contribution in [0.4, 0.5) is 0 Å². The van der Waals surface area contributed by atoms with Crippen molar-refractivity contribution < 1.29 is 9.59 Å². The van der Waals surface area contributed by atoms with Crippen molar-refractivity contribution in [1.82, 2.24) is 10.2 Å². The number of hydrogen-bond acceptors (Lipinski definition) is 2. The van der Waals surface area contributed by atoms with Crippen molar-refractivity contribution >= 4 is 23.4 Å². The third-order valence-corrected chi connectivity index (χ3v) is 5.68. The fraction of sp³-hybridized carbons (Fsp3) is 0.259. The molecular weight excluding hydrogens is 420 g/mol. The van der Waals surface area contributed by atoms with E-state index in [-0.39, 0.29) is 11.8 Å². The summed E-state index contributed by atoms with van der Waals surface area (Å²) >= 11 is 6.02. The Morgan fingerprint density at radius 1 is 0.875 bits per heavy atom. The van der Waals surface area contributed by atoms with Gasteiger partial charge >= 0.3 is 0 Å². The molecule has 0 aliphatic heterocycles. The molecule has 5 heteroatoms. The summed E-state index contributed by atoms with van der Waals surface area (Å²) < 4.78 is 0. The molecule has 0 spiro atoms. The molecule has 0 saturated carbocycles. The Hall–Kier alpha value is -3.11. The van der Waals surface area contributed by atoms with Gasteiger partial charge < -0.3 is 10.2 Å². The van der Waals surface area contributed by atoms with Gasteiger partial charge in [0.2, 0.25) is 11.8 Å². The lowest BCUT2D eigenvalue weighted by molar-refractivity contribution is -0.141. The number of carbonyl (C=O) groups is 2. The SMILES string of the molecule is CCC(=O)N(Cc1ccc(Cl)cc1)[C@@H](Cc1ccccc1)C(=O)NCc1ccc(C)cc1. The van der Waals surface area contributed by atoms with Crippen LogP contribution in [0.3, 0.4) is 0 Å². The number of nitrogens with zero attached hydrogens (tertiary/aromatic N) is 1. The van der Waals surface area contributed by atoms with Crippen molar-refractivity contribution in [2.24, 2.45) is 0 Å². The first kappa shape index (κ1) is 23.6. The topological polar surface area (TPSA) is 49.4 Å². The second-order valence-corrected chi connectivity index (χ2v) is 8.35. The molecule has 166 valence electrons. The lowest BCUT2D eigenvalue weighted by atomic mass is 10.0. The highest BCUT2D eigenvalue weighted by molar-refractivity contribution is 6.30. The van der Waals surface area contributed by atoms with Crippen LogP contribution in [-0.4, -0.2) is 22.8 Å². The van der Waals surface area contributed by atoms with Crippen LogP contribution in [0, 0.1) is 6.92 Å². The summed E-state index contributed by atoms with van der Waals surface area (Å²) in [6.07, 6.45) is 0.768. The van der Waals surface area contributed by atoms with Gasteiger partial charge in [-0.3, -0.25) is 9.59 Å². The van der Waals surface area contributed by atoms with Gasteiger partial charge in [-0.05, 0) is 35.7 Å². The van der Waals surface area contributed by atoms with E-state index in [1.807, 2.05) is 80.6 Å². The quantitative estimate of drug-likeness (QED) is 0.482. The highest BCUT2D eigenvalue weighted by Gasteiger charge is 2.29. The molecule has 0 bridgehead atoms. The van der Waals surface area contributed by atoms with Gasteiger partial charge in [-0.25, -0.2) is 0 Å². The van der Waals surface area contributed by atoms with Crippen LogP contribution in [0.15, 0.2) is 78.9 Å². The average Bonchev–Trinajstić information content (AvgIpc) is 2.82. The number of halogens is 1. The van der Waals surface area contributed by atoms with Crippen molar-refractivity contribution in [3.8, 4) is 0 Å². The van der Waals surface area contributed by atoms with E-state index < -0.39 is 6.04 Å². The maximum atomic E-state index is 13.4. The van der Waals surface area contributed by atoms with Gasteiger partial charge in [0, 0.05) is 31.0 Å². The van der Waals surface area contributed by atoms with Gasteiger partial charge in [-0.15, -0.1) is 0 Å². The molecule has 0 saturated heterocycles. The number of aryl methyl sites for hydroxylation is 1. The number of rotatable bonds is 9. The standard InChI is InChI=1S/C27H29ClN2O2/c1-3-26(31)30(19-23-13-15-24(28)16-14-23)25(17-21-7-5-4-6-8-21)27(32)29-18-22-11-9-20(2)10-12-22/h4-16,25H,3,17-19H2,1-2H3,(H,29,32)/t25-/m0/s1. The fourth-order valence-electron chi connectivity index (χ4n) is 3.56. The van der Waals surface area contributed by atoms with Crippen LogP contribution < -0.4 is 5.32 Å². The molecule has 3 aromatic carbocycles. The maximum Gasteiger partial charge on any atom is 0.243 e. The first-order valence-electron chi connectivity index (χ1n) is 10.9. The number of hydrogen-bond donors (Lipinski definition) is 1. The van der Waals surface area contributed by atoms with E-state index in [0.29, 0.717) is 31.0 Å². The minimum absolute atomic E-state index is 0.0635. The molecule has 0 fully saturated rings. The molecule has 1 atom stereocenters. The number of amides is 2. The molecule has 3 rings (SSSR count). The summed E-state index contributed by atoms with van der Waals surface area (Å²) in [4.78, 5) is 28.0. The van der Waals surface area contributed by atoms with Crippen molar-refractivity contribution in [2.75, 3.05) is 0 Å². The van der Waals surface area contributed by atoms with Crippen LogP contribution >= 0.6 is 11.6 Å². The smallest absolute Gasteiger partial charge is 0.243 e. The van der Waals surface area contributed by atoms with Gasteiger partial charge in [-0.2, -0.15) is 0 Å². The lowest BCUT2D eigenvalue weighted by Crippen LogP contribution is -2.50. The van der Waals surface area contributed by atoms with Crippen LogP contribution in [0.2, 0.25) is 5.02 Å². The monoisotopic (exact) mass is 448 g/mol. The Morgan fingerprint density at radius 3 is 2.12 bits per heavy atom. The Kier molecular flexibility index (Phi) is 8.46. The van der Waals surface area contributed by atoms with Gasteiger partial charge in [0.15, 0.2) is 0 Å². The van der Waals surface area contributed by atoms with Gasteiger partial charge in [-0.1, -0.05) is 90.8 Å². The summed E-state index contributed by atoms with van der Waals surface area (Å²) in [7, 11) is 0. The summed E-state index contributed by atoms with van der Waals surface area (Å²) in [6.45, 7) is 4.61. The van der Waals surface area contributed by atoms with Crippen molar-refractivity contribution in [1.29, 1.82) is 0 Å². The fourth-order valence-corrected chi connectivity index (χ4v) is 3.68.